The lowest BCUT2D eigenvalue weighted by Crippen LogP contribution is -2.05. The first-order chi connectivity index (χ1) is 9.99. The zero-order chi connectivity index (χ0) is 15.1. The molecule has 0 spiro atoms. The first-order valence-corrected chi connectivity index (χ1v) is 7.86. The molecule has 21 heavy (non-hydrogen) atoms. The lowest BCUT2D eigenvalue weighted by atomic mass is 10.2. The van der Waals surface area contributed by atoms with E-state index in [1.807, 2.05) is 18.2 Å². The number of imidazole rings is 1. The van der Waals surface area contributed by atoms with Gasteiger partial charge in [-0.3, -0.25) is 4.57 Å². The molecule has 0 aliphatic heterocycles. The number of benzene rings is 2. The predicted octanol–water partition coefficient (Wildman–Crippen LogP) is 5.88. The van der Waals surface area contributed by atoms with Crippen molar-refractivity contribution in [1.29, 1.82) is 0 Å². The Bertz CT molecular complexity index is 810. The number of para-hydroxylation sites is 1. The van der Waals surface area contributed by atoms with E-state index in [1.165, 1.54) is 6.07 Å². The van der Waals surface area contributed by atoms with Gasteiger partial charge >= 0.3 is 0 Å². The molecule has 2 nitrogen and oxygen atoms in total. The van der Waals surface area contributed by atoms with Gasteiger partial charge in [0.2, 0.25) is 0 Å². The minimum absolute atomic E-state index is 0.270. The van der Waals surface area contributed by atoms with Gasteiger partial charge in [-0.15, -0.1) is 11.6 Å². The maximum atomic E-state index is 14.3. The number of rotatable bonds is 2. The fourth-order valence-corrected chi connectivity index (χ4v) is 3.02. The fraction of sp³-hybridized carbons (Fsp3) is 0.133. The number of fused-ring (bicyclic) bond motifs is 1. The molecule has 0 saturated carbocycles. The molecule has 1 atom stereocenters. The Hall–Kier alpha value is -1.10. The summed E-state index contributed by atoms with van der Waals surface area (Å²) in [6.07, 6.45) is 0. The average molecular weight is 388 g/mol. The molecule has 0 saturated heterocycles. The third kappa shape index (κ3) is 2.56. The van der Waals surface area contributed by atoms with Gasteiger partial charge in [-0.05, 0) is 37.3 Å². The molecule has 0 fully saturated rings. The molecule has 1 aromatic heterocycles. The number of hydrogen-bond acceptors (Lipinski definition) is 1. The van der Waals surface area contributed by atoms with E-state index < -0.39 is 5.82 Å². The second kappa shape index (κ2) is 5.59. The standard InChI is InChI=1S/C15H10BrCl2FN2/c1-8(17)15-20-12-7-9(16)5-6-13(12)21(15)14-10(18)3-2-4-11(14)19/h2-8H,1H3. The maximum absolute atomic E-state index is 14.3. The van der Waals surface area contributed by atoms with E-state index in [1.54, 1.807) is 23.6 Å². The van der Waals surface area contributed by atoms with E-state index >= 15 is 0 Å². The van der Waals surface area contributed by atoms with Crippen molar-refractivity contribution in [3.05, 3.63) is 57.5 Å². The lowest BCUT2D eigenvalue weighted by molar-refractivity contribution is 0.616. The average Bonchev–Trinajstić information content (AvgIpc) is 2.77. The monoisotopic (exact) mass is 386 g/mol. The molecule has 3 aromatic rings. The van der Waals surface area contributed by atoms with E-state index in [-0.39, 0.29) is 11.1 Å². The van der Waals surface area contributed by atoms with Gasteiger partial charge in [-0.25, -0.2) is 9.37 Å². The van der Waals surface area contributed by atoms with Gasteiger partial charge in [-0.1, -0.05) is 33.6 Å². The summed E-state index contributed by atoms with van der Waals surface area (Å²) in [5, 5.41) is -0.0670. The van der Waals surface area contributed by atoms with Crippen molar-refractivity contribution in [3.63, 3.8) is 0 Å². The van der Waals surface area contributed by atoms with Crippen LogP contribution in [0.3, 0.4) is 0 Å². The van der Waals surface area contributed by atoms with Crippen LogP contribution in [0.4, 0.5) is 4.39 Å². The van der Waals surface area contributed by atoms with Crippen LogP contribution in [-0.2, 0) is 0 Å². The summed E-state index contributed by atoms with van der Waals surface area (Å²) in [7, 11) is 0. The highest BCUT2D eigenvalue weighted by molar-refractivity contribution is 9.10. The van der Waals surface area contributed by atoms with Gasteiger partial charge in [0.25, 0.3) is 0 Å². The van der Waals surface area contributed by atoms with Crippen LogP contribution in [0.1, 0.15) is 18.1 Å². The van der Waals surface area contributed by atoms with Crippen LogP contribution in [0, 0.1) is 5.82 Å². The first-order valence-electron chi connectivity index (χ1n) is 6.25. The predicted molar refractivity (Wildman–Crippen MR) is 88.0 cm³/mol. The summed E-state index contributed by atoms with van der Waals surface area (Å²) >= 11 is 15.8. The normalized spacial score (nSPS) is 12.8. The van der Waals surface area contributed by atoms with E-state index in [0.29, 0.717) is 10.8 Å². The molecular formula is C15H10BrCl2FN2. The molecule has 1 heterocycles. The van der Waals surface area contributed by atoms with E-state index in [4.69, 9.17) is 23.2 Å². The van der Waals surface area contributed by atoms with Gasteiger partial charge < -0.3 is 0 Å². The smallest absolute Gasteiger partial charge is 0.148 e. The van der Waals surface area contributed by atoms with Crippen molar-refractivity contribution in [2.45, 2.75) is 12.3 Å². The molecule has 0 amide bonds. The molecule has 0 aliphatic rings. The summed E-state index contributed by atoms with van der Waals surface area (Å²) in [5.41, 5.74) is 1.75. The highest BCUT2D eigenvalue weighted by Gasteiger charge is 2.20. The molecule has 6 heteroatoms. The van der Waals surface area contributed by atoms with Crippen LogP contribution in [0.15, 0.2) is 40.9 Å². The Balaban J connectivity index is 2.42. The van der Waals surface area contributed by atoms with Crippen LogP contribution in [-0.4, -0.2) is 9.55 Å². The quantitative estimate of drug-likeness (QED) is 0.502. The maximum Gasteiger partial charge on any atom is 0.148 e. The Morgan fingerprint density at radius 2 is 2.05 bits per heavy atom. The molecule has 3 rings (SSSR count). The number of nitrogens with zero attached hydrogens (tertiary/aromatic N) is 2. The largest absolute Gasteiger partial charge is 0.291 e. The van der Waals surface area contributed by atoms with E-state index in [2.05, 4.69) is 20.9 Å². The van der Waals surface area contributed by atoms with Gasteiger partial charge in [0, 0.05) is 4.47 Å². The van der Waals surface area contributed by atoms with Gasteiger partial charge in [0.1, 0.15) is 17.3 Å². The SMILES string of the molecule is CC(Cl)c1nc2cc(Br)ccc2n1-c1c(F)cccc1Cl. The van der Waals surface area contributed by atoms with Crippen molar-refractivity contribution in [2.24, 2.45) is 0 Å². The zero-order valence-electron chi connectivity index (χ0n) is 10.9. The third-order valence-electron chi connectivity index (χ3n) is 3.16. The number of hydrogen-bond donors (Lipinski definition) is 0. The Labute approximate surface area is 139 Å². The Morgan fingerprint density at radius 1 is 1.29 bits per heavy atom. The van der Waals surface area contributed by atoms with E-state index in [9.17, 15) is 4.39 Å². The highest BCUT2D eigenvalue weighted by atomic mass is 79.9. The molecule has 1 unspecified atom stereocenters. The van der Waals surface area contributed by atoms with E-state index in [0.717, 1.165) is 15.5 Å². The molecular weight excluding hydrogens is 378 g/mol. The first kappa shape index (κ1) is 14.8. The second-order valence-corrected chi connectivity index (χ2v) is 6.60. The zero-order valence-corrected chi connectivity index (χ0v) is 14.0. The molecule has 2 aromatic carbocycles. The van der Waals surface area contributed by atoms with Crippen LogP contribution in [0.5, 0.6) is 0 Å². The van der Waals surface area contributed by atoms with Gasteiger partial charge in [0.05, 0.1) is 21.4 Å². The lowest BCUT2D eigenvalue weighted by Gasteiger charge is -2.13. The minimum Gasteiger partial charge on any atom is -0.291 e. The number of aromatic nitrogens is 2. The van der Waals surface area contributed by atoms with Crippen LogP contribution in [0.25, 0.3) is 16.7 Å². The van der Waals surface area contributed by atoms with Crippen molar-refractivity contribution in [3.8, 4) is 5.69 Å². The van der Waals surface area contributed by atoms with Crippen LogP contribution < -0.4 is 0 Å². The summed E-state index contributed by atoms with van der Waals surface area (Å²) in [4.78, 5) is 4.51. The van der Waals surface area contributed by atoms with Gasteiger partial charge in [0.15, 0.2) is 0 Å². The van der Waals surface area contributed by atoms with Crippen LogP contribution >= 0.6 is 39.1 Å². The van der Waals surface area contributed by atoms with Gasteiger partial charge in [-0.2, -0.15) is 0 Å². The number of halogens is 4. The van der Waals surface area contributed by atoms with Crippen molar-refractivity contribution in [2.75, 3.05) is 0 Å². The molecule has 0 radical (unpaired) electrons. The summed E-state index contributed by atoms with van der Waals surface area (Å²) in [6.45, 7) is 1.79. The summed E-state index contributed by atoms with van der Waals surface area (Å²) < 4.78 is 16.9. The molecule has 108 valence electrons. The molecule has 0 bridgehead atoms. The summed E-state index contributed by atoms with van der Waals surface area (Å²) in [5.74, 6) is 0.139. The highest BCUT2D eigenvalue weighted by Crippen LogP contribution is 2.33. The minimum atomic E-state index is -0.414. The van der Waals surface area contributed by atoms with Crippen molar-refractivity contribution in [1.82, 2.24) is 9.55 Å². The van der Waals surface area contributed by atoms with Crippen LogP contribution in [0.2, 0.25) is 5.02 Å². The molecule has 0 aliphatic carbocycles. The second-order valence-electron chi connectivity index (χ2n) is 4.62. The third-order valence-corrected chi connectivity index (χ3v) is 4.15. The Morgan fingerprint density at radius 3 is 2.71 bits per heavy atom. The number of alkyl halides is 1. The molecule has 0 N–H and O–H groups in total. The van der Waals surface area contributed by atoms with Crippen molar-refractivity contribution < 1.29 is 4.39 Å². The van der Waals surface area contributed by atoms with Crippen molar-refractivity contribution >= 4 is 50.2 Å². The topological polar surface area (TPSA) is 17.8 Å². The fourth-order valence-electron chi connectivity index (χ4n) is 2.28. The Kier molecular flexibility index (Phi) is 3.95. The summed E-state index contributed by atoms with van der Waals surface area (Å²) in [6, 6.07) is 10.2.